The zero-order valence-corrected chi connectivity index (χ0v) is 13.7. The van der Waals surface area contributed by atoms with Crippen molar-refractivity contribution in [2.24, 2.45) is 0 Å². The van der Waals surface area contributed by atoms with E-state index in [2.05, 4.69) is 28.8 Å². The van der Waals surface area contributed by atoms with Gasteiger partial charge in [-0.05, 0) is 6.07 Å². The molecule has 0 atom stereocenters. The summed E-state index contributed by atoms with van der Waals surface area (Å²) >= 11 is 0. The van der Waals surface area contributed by atoms with Gasteiger partial charge in [-0.3, -0.25) is 0 Å². The third kappa shape index (κ3) is 8.24. The van der Waals surface area contributed by atoms with E-state index >= 15 is 0 Å². The SMILES string of the molecule is CC.CC.CCC.COc1nccc(-c2cocn2)n1. The zero-order chi connectivity index (χ0) is 15.8. The largest absolute Gasteiger partial charge is 0.467 e. The van der Waals surface area contributed by atoms with E-state index in [0.717, 1.165) is 0 Å². The van der Waals surface area contributed by atoms with Gasteiger partial charge in [0.05, 0.1) is 12.8 Å². The summed E-state index contributed by atoms with van der Waals surface area (Å²) in [4.78, 5) is 11.9. The highest BCUT2D eigenvalue weighted by atomic mass is 16.5. The van der Waals surface area contributed by atoms with Gasteiger partial charge >= 0.3 is 6.01 Å². The topological polar surface area (TPSA) is 61.0 Å². The van der Waals surface area contributed by atoms with Crippen molar-refractivity contribution >= 4 is 0 Å². The van der Waals surface area contributed by atoms with Gasteiger partial charge in [0.25, 0.3) is 0 Å². The summed E-state index contributed by atoms with van der Waals surface area (Å²) in [5, 5.41) is 0. The fourth-order valence-corrected chi connectivity index (χ4v) is 0.921. The highest BCUT2D eigenvalue weighted by Gasteiger charge is 2.03. The van der Waals surface area contributed by atoms with Crippen LogP contribution in [-0.4, -0.2) is 22.1 Å². The minimum atomic E-state index is 0.320. The van der Waals surface area contributed by atoms with Gasteiger partial charge in [0.2, 0.25) is 0 Å². The van der Waals surface area contributed by atoms with Gasteiger partial charge in [0, 0.05) is 6.20 Å². The Kier molecular flexibility index (Phi) is 15.5. The predicted octanol–water partition coefficient (Wildman–Crippen LogP) is 4.61. The van der Waals surface area contributed by atoms with Gasteiger partial charge in [-0.15, -0.1) is 0 Å². The molecule has 0 N–H and O–H groups in total. The van der Waals surface area contributed by atoms with Crippen LogP contribution in [0.3, 0.4) is 0 Å². The molecule has 2 rings (SSSR count). The van der Waals surface area contributed by atoms with Crippen LogP contribution < -0.4 is 4.74 Å². The Morgan fingerprint density at radius 1 is 1.05 bits per heavy atom. The smallest absolute Gasteiger partial charge is 0.316 e. The molecule has 0 saturated heterocycles. The molecule has 114 valence electrons. The number of ether oxygens (including phenoxy) is 1. The summed E-state index contributed by atoms with van der Waals surface area (Å²) in [5.74, 6) is 0. The van der Waals surface area contributed by atoms with E-state index in [1.807, 2.05) is 27.7 Å². The van der Waals surface area contributed by atoms with Gasteiger partial charge < -0.3 is 9.15 Å². The molecule has 0 aliphatic carbocycles. The lowest BCUT2D eigenvalue weighted by molar-refractivity contribution is 0.380. The quantitative estimate of drug-likeness (QED) is 0.804. The van der Waals surface area contributed by atoms with Gasteiger partial charge in [-0.1, -0.05) is 48.0 Å². The summed E-state index contributed by atoms with van der Waals surface area (Å²) < 4.78 is 9.70. The van der Waals surface area contributed by atoms with Crippen LogP contribution in [0.4, 0.5) is 0 Å². The van der Waals surface area contributed by atoms with Crippen molar-refractivity contribution in [3.8, 4) is 17.4 Å². The Morgan fingerprint density at radius 2 is 1.65 bits per heavy atom. The first-order chi connectivity index (χ1) is 9.81. The molecule has 2 aromatic rings. The number of nitrogens with zero attached hydrogens (tertiary/aromatic N) is 3. The second-order valence-corrected chi connectivity index (χ2v) is 3.01. The van der Waals surface area contributed by atoms with Crippen LogP contribution in [0.25, 0.3) is 11.4 Å². The monoisotopic (exact) mass is 281 g/mol. The Labute approximate surface area is 122 Å². The Bertz CT molecular complexity index is 403. The molecule has 0 aromatic carbocycles. The van der Waals surface area contributed by atoms with Crippen LogP contribution in [0.5, 0.6) is 6.01 Å². The van der Waals surface area contributed by atoms with Gasteiger partial charge in [0.15, 0.2) is 6.39 Å². The standard InChI is InChI=1S/C8H7N3O2.C3H8.2C2H6/c1-12-8-9-3-2-6(11-8)7-4-13-5-10-7;1-3-2;2*1-2/h2-5H,1H3;3H2,1-2H3;2*1-2H3. The van der Waals surface area contributed by atoms with Crippen molar-refractivity contribution < 1.29 is 9.15 Å². The lowest BCUT2D eigenvalue weighted by atomic mass is 10.3. The molecule has 0 spiro atoms. The van der Waals surface area contributed by atoms with Crippen molar-refractivity contribution in [3.63, 3.8) is 0 Å². The van der Waals surface area contributed by atoms with Crippen LogP contribution >= 0.6 is 0 Å². The lowest BCUT2D eigenvalue weighted by Crippen LogP contribution is -1.92. The van der Waals surface area contributed by atoms with Gasteiger partial charge in [0.1, 0.15) is 12.0 Å². The summed E-state index contributed by atoms with van der Waals surface area (Å²) in [5.41, 5.74) is 1.35. The minimum absolute atomic E-state index is 0.320. The van der Waals surface area contributed by atoms with E-state index in [0.29, 0.717) is 17.4 Å². The average molecular weight is 281 g/mol. The molecular formula is C15H27N3O2. The van der Waals surface area contributed by atoms with Crippen molar-refractivity contribution in [3.05, 3.63) is 24.9 Å². The Hall–Kier alpha value is -1.91. The van der Waals surface area contributed by atoms with E-state index in [1.54, 1.807) is 12.3 Å². The lowest BCUT2D eigenvalue weighted by Gasteiger charge is -1.97. The fraction of sp³-hybridized carbons (Fsp3) is 0.533. The van der Waals surface area contributed by atoms with Crippen LogP contribution in [-0.2, 0) is 0 Å². The maximum Gasteiger partial charge on any atom is 0.316 e. The molecule has 5 heteroatoms. The molecule has 5 nitrogen and oxygen atoms in total. The maximum atomic E-state index is 4.87. The van der Waals surface area contributed by atoms with Crippen LogP contribution in [0, 0.1) is 0 Å². The molecular weight excluding hydrogens is 254 g/mol. The second kappa shape index (κ2) is 15.1. The van der Waals surface area contributed by atoms with Crippen molar-refractivity contribution in [1.82, 2.24) is 15.0 Å². The van der Waals surface area contributed by atoms with Crippen LogP contribution in [0.1, 0.15) is 48.0 Å². The molecule has 0 unspecified atom stereocenters. The molecule has 0 aliphatic rings. The third-order valence-corrected chi connectivity index (χ3v) is 1.51. The number of rotatable bonds is 2. The summed E-state index contributed by atoms with van der Waals surface area (Å²) in [6, 6.07) is 2.06. The van der Waals surface area contributed by atoms with Crippen molar-refractivity contribution in [2.45, 2.75) is 48.0 Å². The molecule has 0 radical (unpaired) electrons. The van der Waals surface area contributed by atoms with E-state index < -0.39 is 0 Å². The first-order valence-corrected chi connectivity index (χ1v) is 7.07. The number of methoxy groups -OCH3 is 1. The van der Waals surface area contributed by atoms with Gasteiger partial charge in [-0.2, -0.15) is 4.98 Å². The first kappa shape index (κ1) is 20.4. The molecule has 0 fully saturated rings. The third-order valence-electron chi connectivity index (χ3n) is 1.51. The number of hydrogen-bond acceptors (Lipinski definition) is 5. The highest BCUT2D eigenvalue weighted by molar-refractivity contribution is 5.51. The minimum Gasteiger partial charge on any atom is -0.467 e. The van der Waals surface area contributed by atoms with Crippen LogP contribution in [0.2, 0.25) is 0 Å². The van der Waals surface area contributed by atoms with Crippen molar-refractivity contribution in [1.29, 1.82) is 0 Å². The molecule has 0 saturated carbocycles. The maximum absolute atomic E-state index is 4.87. The predicted molar refractivity (Wildman–Crippen MR) is 82.7 cm³/mol. The van der Waals surface area contributed by atoms with Gasteiger partial charge in [-0.25, -0.2) is 9.97 Å². The molecule has 0 amide bonds. The van der Waals surface area contributed by atoms with E-state index in [4.69, 9.17) is 9.15 Å². The van der Waals surface area contributed by atoms with E-state index in [1.165, 1.54) is 26.2 Å². The van der Waals surface area contributed by atoms with E-state index in [-0.39, 0.29) is 0 Å². The number of hydrogen-bond donors (Lipinski definition) is 0. The summed E-state index contributed by atoms with van der Waals surface area (Å²) in [6.45, 7) is 12.2. The molecule has 2 heterocycles. The van der Waals surface area contributed by atoms with Crippen molar-refractivity contribution in [2.75, 3.05) is 7.11 Å². The Balaban J connectivity index is 0. The Morgan fingerprint density at radius 3 is 2.10 bits per heavy atom. The average Bonchev–Trinajstić information content (AvgIpc) is 3.07. The summed E-state index contributed by atoms with van der Waals surface area (Å²) in [7, 11) is 1.52. The fourth-order valence-electron chi connectivity index (χ4n) is 0.921. The molecule has 20 heavy (non-hydrogen) atoms. The molecule has 0 bridgehead atoms. The van der Waals surface area contributed by atoms with E-state index in [9.17, 15) is 0 Å². The normalized spacial score (nSPS) is 7.95. The highest BCUT2D eigenvalue weighted by Crippen LogP contribution is 2.14. The molecule has 2 aromatic heterocycles. The zero-order valence-electron chi connectivity index (χ0n) is 13.7. The second-order valence-electron chi connectivity index (χ2n) is 3.01. The number of aromatic nitrogens is 3. The van der Waals surface area contributed by atoms with Crippen LogP contribution in [0.15, 0.2) is 29.3 Å². The molecule has 0 aliphatic heterocycles. The first-order valence-electron chi connectivity index (χ1n) is 7.07. The number of oxazole rings is 1. The summed E-state index contributed by atoms with van der Waals surface area (Å²) in [6.07, 6.45) is 5.72.